The molecule has 0 fully saturated rings. The molecule has 1 unspecified atom stereocenters. The first-order chi connectivity index (χ1) is 10.1. The molecule has 2 N–H and O–H groups in total. The predicted molar refractivity (Wildman–Crippen MR) is 77.6 cm³/mol. The molecule has 2 aromatic carbocycles. The lowest BCUT2D eigenvalue weighted by Crippen LogP contribution is -2.20. The van der Waals surface area contributed by atoms with E-state index in [9.17, 15) is 9.18 Å². The van der Waals surface area contributed by atoms with Crippen LogP contribution in [0.25, 0.3) is 0 Å². The van der Waals surface area contributed by atoms with Crippen LogP contribution in [0.1, 0.15) is 17.2 Å². The van der Waals surface area contributed by atoms with Crippen LogP contribution in [-0.2, 0) is 4.79 Å². The molecule has 104 valence electrons. The van der Waals surface area contributed by atoms with E-state index in [-0.39, 0.29) is 17.2 Å². The van der Waals surface area contributed by atoms with Crippen LogP contribution in [0.3, 0.4) is 0 Å². The number of fused-ring (bicyclic) bond motifs is 1. The van der Waals surface area contributed by atoms with Gasteiger partial charge in [0.15, 0.2) is 0 Å². The van der Waals surface area contributed by atoms with Crippen LogP contribution in [-0.4, -0.2) is 5.91 Å². The zero-order valence-electron chi connectivity index (χ0n) is 10.7. The van der Waals surface area contributed by atoms with Gasteiger partial charge in [-0.25, -0.2) is 4.39 Å². The Balaban J connectivity index is 2.01. The molecule has 1 aliphatic heterocycles. The Labute approximate surface area is 125 Å². The van der Waals surface area contributed by atoms with Gasteiger partial charge in [0.25, 0.3) is 5.91 Å². The number of hydrogen-bond acceptors (Lipinski definition) is 3. The fourth-order valence-corrected chi connectivity index (χ4v) is 2.47. The van der Waals surface area contributed by atoms with E-state index in [0.29, 0.717) is 16.3 Å². The lowest BCUT2D eigenvalue weighted by Gasteiger charge is -2.14. The monoisotopic (exact) mass is 301 g/mol. The Kier molecular flexibility index (Phi) is 3.24. The summed E-state index contributed by atoms with van der Waals surface area (Å²) in [5.41, 5.74) is 1.46. The van der Waals surface area contributed by atoms with Gasteiger partial charge in [0.2, 0.25) is 0 Å². The fourth-order valence-electron chi connectivity index (χ4n) is 2.29. The summed E-state index contributed by atoms with van der Waals surface area (Å²) >= 11 is 5.94. The number of anilines is 2. The molecular weight excluding hydrogens is 293 g/mol. The summed E-state index contributed by atoms with van der Waals surface area (Å²) in [6, 6.07) is 10.3. The van der Waals surface area contributed by atoms with Gasteiger partial charge in [0, 0.05) is 16.3 Å². The molecule has 4 nitrogen and oxygen atoms in total. The second kappa shape index (κ2) is 5.08. The minimum absolute atomic E-state index is 0.124. The minimum Gasteiger partial charge on any atom is -0.369 e. The minimum atomic E-state index is -0.715. The molecule has 0 saturated heterocycles. The summed E-state index contributed by atoms with van der Waals surface area (Å²) in [7, 11) is 0. The number of amides is 1. The zero-order valence-corrected chi connectivity index (χ0v) is 11.4. The molecule has 0 saturated carbocycles. The standard InChI is InChI=1S/C15H9ClFN3O/c16-8-4-5-13-9(6-8)14(15(21)20-13)19-12-3-1-2-11(17)10(12)7-18/h1-6,14,19H,(H,20,21). The van der Waals surface area contributed by atoms with Crippen molar-refractivity contribution < 1.29 is 9.18 Å². The van der Waals surface area contributed by atoms with Crippen LogP contribution in [0, 0.1) is 17.1 Å². The molecule has 1 atom stereocenters. The van der Waals surface area contributed by atoms with Crippen molar-refractivity contribution in [3.05, 3.63) is 58.4 Å². The molecule has 1 amide bonds. The van der Waals surface area contributed by atoms with E-state index in [4.69, 9.17) is 16.9 Å². The Morgan fingerprint density at radius 2 is 2.14 bits per heavy atom. The first-order valence-electron chi connectivity index (χ1n) is 6.15. The van der Waals surface area contributed by atoms with Crippen molar-refractivity contribution in [3.63, 3.8) is 0 Å². The van der Waals surface area contributed by atoms with E-state index in [2.05, 4.69) is 10.6 Å². The number of hydrogen-bond donors (Lipinski definition) is 2. The van der Waals surface area contributed by atoms with Crippen molar-refractivity contribution >= 4 is 28.9 Å². The number of nitrogens with one attached hydrogen (secondary N) is 2. The van der Waals surface area contributed by atoms with E-state index in [1.165, 1.54) is 12.1 Å². The topological polar surface area (TPSA) is 64.9 Å². The van der Waals surface area contributed by atoms with Crippen LogP contribution in [0.4, 0.5) is 15.8 Å². The molecule has 2 aromatic rings. The number of nitriles is 1. The smallest absolute Gasteiger partial charge is 0.251 e. The maximum atomic E-state index is 13.6. The zero-order chi connectivity index (χ0) is 15.0. The molecule has 0 spiro atoms. The van der Waals surface area contributed by atoms with Crippen LogP contribution < -0.4 is 10.6 Å². The van der Waals surface area contributed by atoms with Gasteiger partial charge in [0.1, 0.15) is 23.5 Å². The third kappa shape index (κ3) is 2.30. The van der Waals surface area contributed by atoms with E-state index >= 15 is 0 Å². The van der Waals surface area contributed by atoms with E-state index in [1.807, 2.05) is 0 Å². The number of carbonyl (C=O) groups is 1. The molecule has 0 radical (unpaired) electrons. The normalized spacial score (nSPS) is 16.0. The van der Waals surface area contributed by atoms with Crippen molar-refractivity contribution in [2.24, 2.45) is 0 Å². The summed E-state index contributed by atoms with van der Waals surface area (Å²) < 4.78 is 13.6. The van der Waals surface area contributed by atoms with Crippen molar-refractivity contribution in [1.29, 1.82) is 5.26 Å². The Morgan fingerprint density at radius 1 is 1.33 bits per heavy atom. The molecule has 1 aliphatic rings. The molecule has 0 aromatic heterocycles. The molecule has 3 rings (SSSR count). The van der Waals surface area contributed by atoms with Gasteiger partial charge in [-0.05, 0) is 30.3 Å². The summed E-state index contributed by atoms with van der Waals surface area (Å²) in [6.07, 6.45) is 0. The van der Waals surface area contributed by atoms with Gasteiger partial charge in [-0.2, -0.15) is 5.26 Å². The Hall–Kier alpha value is -2.58. The average molecular weight is 302 g/mol. The van der Waals surface area contributed by atoms with Crippen LogP contribution in [0.5, 0.6) is 0 Å². The highest BCUT2D eigenvalue weighted by molar-refractivity contribution is 6.31. The van der Waals surface area contributed by atoms with E-state index < -0.39 is 11.9 Å². The second-order valence-corrected chi connectivity index (χ2v) is 5.01. The Bertz CT molecular complexity index is 785. The molecular formula is C15H9ClFN3O. The van der Waals surface area contributed by atoms with Crippen molar-refractivity contribution in [3.8, 4) is 6.07 Å². The molecule has 21 heavy (non-hydrogen) atoms. The quantitative estimate of drug-likeness (QED) is 0.893. The molecule has 6 heteroatoms. The van der Waals surface area contributed by atoms with Crippen molar-refractivity contribution in [2.75, 3.05) is 10.6 Å². The Morgan fingerprint density at radius 3 is 2.90 bits per heavy atom. The summed E-state index contributed by atoms with van der Waals surface area (Å²) in [6.45, 7) is 0. The number of carbonyl (C=O) groups excluding carboxylic acids is 1. The van der Waals surface area contributed by atoms with Gasteiger partial charge in [-0.3, -0.25) is 4.79 Å². The molecule has 1 heterocycles. The predicted octanol–water partition coefficient (Wildman–Crippen LogP) is 3.46. The number of benzene rings is 2. The number of rotatable bonds is 2. The third-order valence-corrected chi connectivity index (χ3v) is 3.51. The summed E-state index contributed by atoms with van der Waals surface area (Å²) in [5.74, 6) is -0.910. The highest BCUT2D eigenvalue weighted by Crippen LogP contribution is 2.35. The van der Waals surface area contributed by atoms with Crippen molar-refractivity contribution in [1.82, 2.24) is 0 Å². The number of nitrogens with zero attached hydrogens (tertiary/aromatic N) is 1. The van der Waals surface area contributed by atoms with E-state index in [0.717, 1.165) is 0 Å². The second-order valence-electron chi connectivity index (χ2n) is 4.57. The third-order valence-electron chi connectivity index (χ3n) is 3.27. The largest absolute Gasteiger partial charge is 0.369 e. The van der Waals surface area contributed by atoms with Crippen LogP contribution in [0.15, 0.2) is 36.4 Å². The first kappa shape index (κ1) is 13.4. The fraction of sp³-hybridized carbons (Fsp3) is 0.0667. The van der Waals surface area contributed by atoms with Crippen LogP contribution >= 0.6 is 11.6 Å². The highest BCUT2D eigenvalue weighted by Gasteiger charge is 2.31. The summed E-state index contributed by atoms with van der Waals surface area (Å²) in [5, 5.41) is 15.1. The van der Waals surface area contributed by atoms with Gasteiger partial charge in [-0.15, -0.1) is 0 Å². The van der Waals surface area contributed by atoms with Crippen molar-refractivity contribution in [2.45, 2.75) is 6.04 Å². The average Bonchev–Trinajstić information content (AvgIpc) is 2.75. The van der Waals surface area contributed by atoms with Gasteiger partial charge in [0.05, 0.1) is 5.69 Å². The van der Waals surface area contributed by atoms with Crippen LogP contribution in [0.2, 0.25) is 5.02 Å². The SMILES string of the molecule is N#Cc1c(F)cccc1NC1C(=O)Nc2ccc(Cl)cc21. The van der Waals surface area contributed by atoms with Gasteiger partial charge < -0.3 is 10.6 Å². The lowest BCUT2D eigenvalue weighted by molar-refractivity contribution is -0.116. The maximum absolute atomic E-state index is 13.6. The lowest BCUT2D eigenvalue weighted by atomic mass is 10.1. The van der Waals surface area contributed by atoms with E-state index in [1.54, 1.807) is 30.3 Å². The molecule has 0 bridgehead atoms. The van der Waals surface area contributed by atoms with Gasteiger partial charge in [-0.1, -0.05) is 17.7 Å². The highest BCUT2D eigenvalue weighted by atomic mass is 35.5. The molecule has 0 aliphatic carbocycles. The first-order valence-corrected chi connectivity index (χ1v) is 6.53. The summed E-state index contributed by atoms with van der Waals surface area (Å²) in [4.78, 5) is 12.0. The maximum Gasteiger partial charge on any atom is 0.251 e. The number of halogens is 2. The van der Waals surface area contributed by atoms with Gasteiger partial charge >= 0.3 is 0 Å².